The van der Waals surface area contributed by atoms with E-state index in [0.717, 1.165) is 12.8 Å². The Hall–Kier alpha value is -3.30. The maximum Gasteiger partial charge on any atom is 0.309 e. The standard InChI is InChI=1S/C29H30Cl2FN3O5/c1-3-40-29(38)16-8-10-34(11-9-16)25-23(32)13-20-24(27(25)39-2)35(19-6-7-19)15-21(26(20)36)28(37)33-14-17-4-5-18(30)12-22(17)31/h4-5,12-13,15-16,19H,3,6-11,14H2,1-2H3,(H,33,37). The number of aromatic nitrogens is 1. The second-order valence-electron chi connectivity index (χ2n) is 10.1. The van der Waals surface area contributed by atoms with E-state index in [4.69, 9.17) is 32.7 Å². The van der Waals surface area contributed by atoms with Crippen LogP contribution >= 0.6 is 23.2 Å². The minimum atomic E-state index is -0.621. The van der Waals surface area contributed by atoms with Gasteiger partial charge in [-0.25, -0.2) is 4.39 Å². The van der Waals surface area contributed by atoms with Gasteiger partial charge in [-0.3, -0.25) is 14.4 Å². The number of nitrogens with zero attached hydrogens (tertiary/aromatic N) is 2. The van der Waals surface area contributed by atoms with E-state index >= 15 is 4.39 Å². The van der Waals surface area contributed by atoms with Gasteiger partial charge < -0.3 is 24.3 Å². The first-order chi connectivity index (χ1) is 19.2. The number of esters is 1. The molecule has 1 saturated carbocycles. The number of anilines is 1. The average Bonchev–Trinajstić information content (AvgIpc) is 3.78. The van der Waals surface area contributed by atoms with Gasteiger partial charge in [0.25, 0.3) is 5.91 Å². The molecule has 1 amide bonds. The Labute approximate surface area is 240 Å². The summed E-state index contributed by atoms with van der Waals surface area (Å²) in [4.78, 5) is 40.8. The van der Waals surface area contributed by atoms with Gasteiger partial charge in [0, 0.05) is 41.9 Å². The SMILES string of the molecule is CCOC(=O)C1CCN(c2c(F)cc3c(=O)c(C(=O)NCc4ccc(Cl)cc4Cl)cn(C4CC4)c3c2OC)CC1. The van der Waals surface area contributed by atoms with Gasteiger partial charge in [0.15, 0.2) is 11.6 Å². The molecule has 1 aromatic heterocycles. The lowest BCUT2D eigenvalue weighted by atomic mass is 9.96. The molecule has 2 heterocycles. The Morgan fingerprint density at radius 1 is 1.12 bits per heavy atom. The number of piperidine rings is 1. The minimum Gasteiger partial charge on any atom is -0.492 e. The number of carbonyl (C=O) groups is 2. The molecule has 0 radical (unpaired) electrons. The van der Waals surface area contributed by atoms with Crippen molar-refractivity contribution in [2.24, 2.45) is 5.92 Å². The molecule has 3 aromatic rings. The number of halogens is 3. The van der Waals surface area contributed by atoms with Gasteiger partial charge >= 0.3 is 5.97 Å². The minimum absolute atomic E-state index is 0.0575. The molecule has 0 unspecified atom stereocenters. The first kappa shape index (κ1) is 28.2. The number of pyridine rings is 1. The van der Waals surface area contributed by atoms with E-state index in [1.165, 1.54) is 13.2 Å². The van der Waals surface area contributed by atoms with Gasteiger partial charge in [-0.1, -0.05) is 29.3 Å². The van der Waals surface area contributed by atoms with Crippen LogP contribution in [0.4, 0.5) is 10.1 Å². The smallest absolute Gasteiger partial charge is 0.309 e. The van der Waals surface area contributed by atoms with Gasteiger partial charge in [0.1, 0.15) is 11.3 Å². The van der Waals surface area contributed by atoms with Crippen molar-refractivity contribution in [3.63, 3.8) is 0 Å². The summed E-state index contributed by atoms with van der Waals surface area (Å²) in [6.07, 6.45) is 4.30. The number of nitrogens with one attached hydrogen (secondary N) is 1. The first-order valence-electron chi connectivity index (χ1n) is 13.3. The third kappa shape index (κ3) is 5.49. The number of hydrogen-bond acceptors (Lipinski definition) is 6. The van der Waals surface area contributed by atoms with Crippen LogP contribution in [0.3, 0.4) is 0 Å². The maximum atomic E-state index is 15.7. The summed E-state index contributed by atoms with van der Waals surface area (Å²) >= 11 is 12.2. The van der Waals surface area contributed by atoms with Crippen molar-refractivity contribution in [1.29, 1.82) is 0 Å². The van der Waals surface area contributed by atoms with Crippen molar-refractivity contribution in [2.75, 3.05) is 31.7 Å². The average molecular weight is 590 g/mol. The van der Waals surface area contributed by atoms with Crippen LogP contribution in [0.2, 0.25) is 10.0 Å². The number of carbonyl (C=O) groups excluding carboxylic acids is 2. The fourth-order valence-electron chi connectivity index (χ4n) is 5.27. The summed E-state index contributed by atoms with van der Waals surface area (Å²) in [5, 5.41) is 3.69. The van der Waals surface area contributed by atoms with E-state index in [1.807, 2.05) is 9.47 Å². The Morgan fingerprint density at radius 2 is 1.85 bits per heavy atom. The van der Waals surface area contributed by atoms with Crippen LogP contribution in [0.5, 0.6) is 5.75 Å². The lowest BCUT2D eigenvalue weighted by molar-refractivity contribution is -0.148. The predicted octanol–water partition coefficient (Wildman–Crippen LogP) is 5.50. The number of rotatable bonds is 8. The summed E-state index contributed by atoms with van der Waals surface area (Å²) in [5.74, 6) is -1.44. The number of benzene rings is 2. The predicted molar refractivity (Wildman–Crippen MR) is 152 cm³/mol. The molecule has 0 atom stereocenters. The van der Waals surface area contributed by atoms with Gasteiger partial charge in [0.05, 0.1) is 30.5 Å². The maximum absolute atomic E-state index is 15.7. The molecular weight excluding hydrogens is 560 g/mol. The number of fused-ring (bicyclic) bond motifs is 1. The molecule has 11 heteroatoms. The van der Waals surface area contributed by atoms with Crippen LogP contribution in [0.15, 0.2) is 35.3 Å². The largest absolute Gasteiger partial charge is 0.492 e. The van der Waals surface area contributed by atoms with Crippen molar-refractivity contribution >= 4 is 51.7 Å². The quantitative estimate of drug-likeness (QED) is 0.349. The molecule has 40 heavy (non-hydrogen) atoms. The number of hydrogen-bond donors (Lipinski definition) is 1. The Kier molecular flexibility index (Phi) is 8.24. The highest BCUT2D eigenvalue weighted by atomic mass is 35.5. The molecule has 1 aliphatic heterocycles. The van der Waals surface area contributed by atoms with Crippen molar-refractivity contribution < 1.29 is 23.5 Å². The summed E-state index contributed by atoms with van der Waals surface area (Å²) < 4.78 is 28.5. The summed E-state index contributed by atoms with van der Waals surface area (Å²) in [7, 11) is 1.45. The van der Waals surface area contributed by atoms with Crippen LogP contribution < -0.4 is 20.4 Å². The van der Waals surface area contributed by atoms with Gasteiger partial charge in [-0.05, 0) is 56.4 Å². The Balaban J connectivity index is 1.50. The molecular formula is C29H30Cl2FN3O5. The monoisotopic (exact) mass is 589 g/mol. The van der Waals surface area contributed by atoms with Crippen LogP contribution in [-0.2, 0) is 16.1 Å². The summed E-state index contributed by atoms with van der Waals surface area (Å²) in [6, 6.07) is 6.19. The molecule has 0 spiro atoms. The van der Waals surface area contributed by atoms with E-state index in [0.29, 0.717) is 53.7 Å². The van der Waals surface area contributed by atoms with Crippen LogP contribution in [-0.4, -0.2) is 43.2 Å². The van der Waals surface area contributed by atoms with Crippen LogP contribution in [0.1, 0.15) is 54.6 Å². The molecule has 8 nitrogen and oxygen atoms in total. The number of methoxy groups -OCH3 is 1. The van der Waals surface area contributed by atoms with Crippen molar-refractivity contribution in [3.8, 4) is 5.75 Å². The zero-order valence-corrected chi connectivity index (χ0v) is 23.8. The molecule has 0 bridgehead atoms. The lowest BCUT2D eigenvalue weighted by Crippen LogP contribution is -2.37. The molecule has 2 fully saturated rings. The highest BCUT2D eigenvalue weighted by molar-refractivity contribution is 6.35. The fraction of sp³-hybridized carbons (Fsp3) is 0.414. The van der Waals surface area contributed by atoms with E-state index in [1.54, 1.807) is 31.3 Å². The molecule has 2 aromatic carbocycles. The zero-order valence-electron chi connectivity index (χ0n) is 22.3. The van der Waals surface area contributed by atoms with Crippen molar-refractivity contribution in [3.05, 3.63) is 67.7 Å². The van der Waals surface area contributed by atoms with Gasteiger partial charge in [-0.15, -0.1) is 0 Å². The highest BCUT2D eigenvalue weighted by Crippen LogP contribution is 2.44. The Bertz CT molecular complexity index is 1530. The second kappa shape index (κ2) is 11.7. The molecule has 212 valence electrons. The first-order valence-corrected chi connectivity index (χ1v) is 14.1. The van der Waals surface area contributed by atoms with Gasteiger partial charge in [0.2, 0.25) is 5.43 Å². The van der Waals surface area contributed by atoms with E-state index < -0.39 is 17.2 Å². The van der Waals surface area contributed by atoms with Crippen molar-refractivity contribution in [2.45, 2.75) is 45.2 Å². The molecule has 1 N–H and O–H groups in total. The topological polar surface area (TPSA) is 89.9 Å². The molecule has 5 rings (SSSR count). The Morgan fingerprint density at radius 3 is 2.48 bits per heavy atom. The number of amides is 1. The van der Waals surface area contributed by atoms with Gasteiger partial charge in [-0.2, -0.15) is 0 Å². The molecule has 2 aliphatic rings. The van der Waals surface area contributed by atoms with Crippen LogP contribution in [0, 0.1) is 11.7 Å². The highest BCUT2D eigenvalue weighted by Gasteiger charge is 2.33. The van der Waals surface area contributed by atoms with E-state index in [-0.39, 0.29) is 46.9 Å². The van der Waals surface area contributed by atoms with E-state index in [9.17, 15) is 14.4 Å². The fourth-order valence-corrected chi connectivity index (χ4v) is 5.74. The van der Waals surface area contributed by atoms with E-state index in [2.05, 4.69) is 5.32 Å². The normalized spacial score (nSPS) is 15.8. The second-order valence-corrected chi connectivity index (χ2v) is 10.9. The third-order valence-electron chi connectivity index (χ3n) is 7.47. The molecule has 1 saturated heterocycles. The number of ether oxygens (including phenoxy) is 2. The van der Waals surface area contributed by atoms with Crippen molar-refractivity contribution in [1.82, 2.24) is 9.88 Å². The van der Waals surface area contributed by atoms with Crippen LogP contribution in [0.25, 0.3) is 10.9 Å². The zero-order chi connectivity index (χ0) is 28.6. The molecule has 1 aliphatic carbocycles. The lowest BCUT2D eigenvalue weighted by Gasteiger charge is -2.34. The summed E-state index contributed by atoms with van der Waals surface area (Å²) in [6.45, 7) is 3.05. The third-order valence-corrected chi connectivity index (χ3v) is 8.06. The summed E-state index contributed by atoms with van der Waals surface area (Å²) in [5.41, 5.74) is 0.675.